The molecule has 1 aromatic heterocycles. The largest absolute Gasteiger partial charge is 0.493 e. The van der Waals surface area contributed by atoms with Crippen molar-refractivity contribution in [3.63, 3.8) is 0 Å². The molecule has 1 amide bonds. The Bertz CT molecular complexity index is 963. The predicted octanol–water partition coefficient (Wildman–Crippen LogP) is 1.29. The highest BCUT2D eigenvalue weighted by Crippen LogP contribution is 2.27. The van der Waals surface area contributed by atoms with Crippen LogP contribution in [0.5, 0.6) is 5.75 Å². The monoisotopic (exact) mass is 407 g/mol. The lowest BCUT2D eigenvalue weighted by atomic mass is 10.1. The van der Waals surface area contributed by atoms with E-state index < -0.39 is 10.0 Å². The van der Waals surface area contributed by atoms with Gasteiger partial charge in [0, 0.05) is 39.1 Å². The van der Waals surface area contributed by atoms with E-state index in [1.807, 2.05) is 6.07 Å². The van der Waals surface area contributed by atoms with Crippen molar-refractivity contribution in [3.8, 4) is 5.75 Å². The molecule has 0 saturated carbocycles. The summed E-state index contributed by atoms with van der Waals surface area (Å²) in [5.74, 6) is 0.721. The van der Waals surface area contributed by atoms with Crippen LogP contribution in [0.25, 0.3) is 0 Å². The molecule has 2 aromatic rings. The molecule has 4 rings (SSSR count). The molecule has 1 aromatic carbocycles. The molecule has 9 heteroatoms. The number of carbonyl (C=O) groups excluding carboxylic acids is 1. The lowest BCUT2D eigenvalue weighted by molar-refractivity contribution is 0.0630. The average molecular weight is 408 g/mol. The number of ether oxygens (including phenoxy) is 1. The maximum atomic E-state index is 12.7. The van der Waals surface area contributed by atoms with Crippen LogP contribution < -0.4 is 9.88 Å². The number of benzene rings is 1. The number of nitrogens with two attached hydrogens (primary N) is 1. The van der Waals surface area contributed by atoms with E-state index in [9.17, 15) is 13.2 Å². The molecule has 27 heavy (non-hydrogen) atoms. The van der Waals surface area contributed by atoms with E-state index in [0.717, 1.165) is 49.7 Å². The van der Waals surface area contributed by atoms with Gasteiger partial charge in [-0.3, -0.25) is 9.69 Å². The van der Waals surface area contributed by atoms with Crippen LogP contribution in [-0.2, 0) is 23.0 Å². The summed E-state index contributed by atoms with van der Waals surface area (Å²) in [5, 5.41) is 6.79. The van der Waals surface area contributed by atoms with E-state index >= 15 is 0 Å². The Labute approximate surface area is 162 Å². The first-order chi connectivity index (χ1) is 12.9. The second kappa shape index (κ2) is 7.23. The second-order valence-electron chi connectivity index (χ2n) is 6.77. The standard InChI is InChI=1S/C18H21N3O4S2/c19-27(23,24)16-4-10-26-17(16)18(22)21-7-5-20(6-8-21)12-13-1-2-15-14(11-13)3-9-25-15/h1-2,4,10-11H,3,5-9,12H2,(H2,19,23,24). The molecular weight excluding hydrogens is 386 g/mol. The van der Waals surface area contributed by atoms with Crippen LogP contribution in [0.3, 0.4) is 0 Å². The minimum atomic E-state index is -3.89. The van der Waals surface area contributed by atoms with Crippen LogP contribution in [0.1, 0.15) is 20.8 Å². The predicted molar refractivity (Wildman–Crippen MR) is 103 cm³/mol. The van der Waals surface area contributed by atoms with Crippen LogP contribution >= 0.6 is 11.3 Å². The Morgan fingerprint density at radius 2 is 1.96 bits per heavy atom. The molecule has 0 unspecified atom stereocenters. The average Bonchev–Trinajstić information content (AvgIpc) is 3.30. The van der Waals surface area contributed by atoms with Gasteiger partial charge in [0.15, 0.2) is 0 Å². The number of hydrogen-bond acceptors (Lipinski definition) is 6. The van der Waals surface area contributed by atoms with Gasteiger partial charge in [0.2, 0.25) is 10.0 Å². The number of thiophene rings is 1. The molecule has 1 saturated heterocycles. The van der Waals surface area contributed by atoms with E-state index in [4.69, 9.17) is 9.88 Å². The van der Waals surface area contributed by atoms with Crippen molar-refractivity contribution in [3.05, 3.63) is 45.6 Å². The van der Waals surface area contributed by atoms with Crippen LogP contribution in [0.2, 0.25) is 0 Å². The summed E-state index contributed by atoms with van der Waals surface area (Å²) in [6.07, 6.45) is 0.957. The van der Waals surface area contributed by atoms with Gasteiger partial charge in [-0.15, -0.1) is 11.3 Å². The third-order valence-corrected chi connectivity index (χ3v) is 6.93. The molecule has 0 atom stereocenters. The first kappa shape index (κ1) is 18.4. The van der Waals surface area contributed by atoms with E-state index in [1.54, 1.807) is 10.3 Å². The summed E-state index contributed by atoms with van der Waals surface area (Å²) in [5.41, 5.74) is 2.50. The summed E-state index contributed by atoms with van der Waals surface area (Å²) < 4.78 is 28.8. The van der Waals surface area contributed by atoms with Gasteiger partial charge in [-0.05, 0) is 28.6 Å². The Morgan fingerprint density at radius 1 is 1.19 bits per heavy atom. The molecule has 144 valence electrons. The van der Waals surface area contributed by atoms with E-state index in [2.05, 4.69) is 17.0 Å². The van der Waals surface area contributed by atoms with Crippen molar-refractivity contribution < 1.29 is 17.9 Å². The molecule has 0 aliphatic carbocycles. The Hall–Kier alpha value is -1.94. The lowest BCUT2D eigenvalue weighted by Gasteiger charge is -2.34. The maximum absolute atomic E-state index is 12.7. The van der Waals surface area contributed by atoms with Gasteiger partial charge >= 0.3 is 0 Å². The number of piperazine rings is 1. The molecule has 2 aliphatic rings. The zero-order valence-corrected chi connectivity index (χ0v) is 16.4. The van der Waals surface area contributed by atoms with Crippen LogP contribution in [0.4, 0.5) is 0 Å². The normalized spacial score (nSPS) is 17.6. The highest BCUT2D eigenvalue weighted by Gasteiger charge is 2.27. The summed E-state index contributed by atoms with van der Waals surface area (Å²) in [4.78, 5) is 16.8. The molecule has 1 fully saturated rings. The van der Waals surface area contributed by atoms with E-state index in [-0.39, 0.29) is 15.7 Å². The van der Waals surface area contributed by atoms with E-state index in [0.29, 0.717) is 13.1 Å². The number of carbonyl (C=O) groups is 1. The quantitative estimate of drug-likeness (QED) is 0.824. The van der Waals surface area contributed by atoms with Gasteiger partial charge in [-0.25, -0.2) is 13.6 Å². The van der Waals surface area contributed by atoms with Gasteiger partial charge < -0.3 is 9.64 Å². The lowest BCUT2D eigenvalue weighted by Crippen LogP contribution is -2.48. The molecule has 7 nitrogen and oxygen atoms in total. The number of rotatable bonds is 4. The van der Waals surface area contributed by atoms with Crippen LogP contribution in [0.15, 0.2) is 34.5 Å². The molecule has 0 radical (unpaired) electrons. The minimum Gasteiger partial charge on any atom is -0.493 e. The van der Waals surface area contributed by atoms with Gasteiger partial charge in [-0.2, -0.15) is 0 Å². The Balaban J connectivity index is 1.38. The van der Waals surface area contributed by atoms with E-state index in [1.165, 1.54) is 17.2 Å². The molecular formula is C18H21N3O4S2. The summed E-state index contributed by atoms with van der Waals surface area (Å²) in [7, 11) is -3.89. The first-order valence-electron chi connectivity index (χ1n) is 8.78. The Kier molecular flexibility index (Phi) is 4.94. The molecule has 2 N–H and O–H groups in total. The van der Waals surface area contributed by atoms with Gasteiger partial charge in [0.1, 0.15) is 15.5 Å². The van der Waals surface area contributed by atoms with Crippen molar-refractivity contribution in [2.24, 2.45) is 5.14 Å². The van der Waals surface area contributed by atoms with Gasteiger partial charge in [-0.1, -0.05) is 12.1 Å². The zero-order chi connectivity index (χ0) is 19.0. The summed E-state index contributed by atoms with van der Waals surface area (Å²) in [6.45, 7) is 4.20. The molecule has 0 bridgehead atoms. The Morgan fingerprint density at radius 3 is 2.70 bits per heavy atom. The SMILES string of the molecule is NS(=O)(=O)c1ccsc1C(=O)N1CCN(Cc2ccc3c(c2)CCO3)CC1. The highest BCUT2D eigenvalue weighted by atomic mass is 32.2. The number of primary sulfonamides is 1. The summed E-state index contributed by atoms with van der Waals surface area (Å²) in [6, 6.07) is 7.71. The van der Waals surface area contributed by atoms with Crippen molar-refractivity contribution in [2.45, 2.75) is 17.9 Å². The number of sulfonamides is 1. The maximum Gasteiger partial charge on any atom is 0.265 e. The summed E-state index contributed by atoms with van der Waals surface area (Å²) >= 11 is 1.12. The third kappa shape index (κ3) is 3.86. The first-order valence-corrected chi connectivity index (χ1v) is 11.2. The van der Waals surface area contributed by atoms with Crippen molar-refractivity contribution >= 4 is 27.3 Å². The third-order valence-electron chi connectivity index (χ3n) is 4.95. The van der Waals surface area contributed by atoms with Gasteiger partial charge in [0.05, 0.1) is 6.61 Å². The van der Waals surface area contributed by atoms with Crippen molar-refractivity contribution in [1.29, 1.82) is 0 Å². The number of hydrogen-bond donors (Lipinski definition) is 1. The highest BCUT2D eigenvalue weighted by molar-refractivity contribution is 7.89. The number of amides is 1. The fourth-order valence-corrected chi connectivity index (χ4v) is 5.46. The van der Waals surface area contributed by atoms with Crippen molar-refractivity contribution in [2.75, 3.05) is 32.8 Å². The molecule has 2 aliphatic heterocycles. The number of fused-ring (bicyclic) bond motifs is 1. The fraction of sp³-hybridized carbons (Fsp3) is 0.389. The fourth-order valence-electron chi connectivity index (χ4n) is 3.53. The molecule has 0 spiro atoms. The van der Waals surface area contributed by atoms with Crippen LogP contribution in [0, 0.1) is 0 Å². The second-order valence-corrected chi connectivity index (χ2v) is 9.21. The zero-order valence-electron chi connectivity index (χ0n) is 14.8. The van der Waals surface area contributed by atoms with Gasteiger partial charge in [0.25, 0.3) is 5.91 Å². The number of nitrogens with zero attached hydrogens (tertiary/aromatic N) is 2. The molecule has 3 heterocycles. The van der Waals surface area contributed by atoms with Crippen molar-refractivity contribution in [1.82, 2.24) is 9.80 Å². The topological polar surface area (TPSA) is 92.9 Å². The minimum absolute atomic E-state index is 0.0831. The van der Waals surface area contributed by atoms with Crippen LogP contribution in [-0.4, -0.2) is 56.9 Å². The smallest absolute Gasteiger partial charge is 0.265 e.